The second-order valence-electron chi connectivity index (χ2n) is 4.98. The van der Waals surface area contributed by atoms with E-state index in [2.05, 4.69) is 23.1 Å². The van der Waals surface area contributed by atoms with Gasteiger partial charge in [-0.05, 0) is 51.6 Å². The molecule has 2 fully saturated rings. The molecule has 1 saturated carbocycles. The van der Waals surface area contributed by atoms with Crippen LogP contribution in [-0.4, -0.2) is 36.6 Å². The van der Waals surface area contributed by atoms with E-state index in [-0.39, 0.29) is 0 Å². The molecule has 0 aromatic heterocycles. The number of nitrogens with one attached hydrogen (secondary N) is 1. The van der Waals surface area contributed by atoms with Crippen LogP contribution in [0.4, 0.5) is 0 Å². The van der Waals surface area contributed by atoms with E-state index < -0.39 is 0 Å². The van der Waals surface area contributed by atoms with E-state index in [4.69, 9.17) is 6.42 Å². The van der Waals surface area contributed by atoms with Gasteiger partial charge in [0.2, 0.25) is 0 Å². The summed E-state index contributed by atoms with van der Waals surface area (Å²) in [7, 11) is 0. The molecule has 1 N–H and O–H groups in total. The van der Waals surface area contributed by atoms with Crippen molar-refractivity contribution in [2.24, 2.45) is 5.92 Å². The van der Waals surface area contributed by atoms with E-state index in [1.807, 2.05) is 0 Å². The van der Waals surface area contributed by atoms with Crippen LogP contribution in [-0.2, 0) is 0 Å². The Hall–Kier alpha value is -0.520. The van der Waals surface area contributed by atoms with Crippen LogP contribution in [0.5, 0.6) is 0 Å². The Morgan fingerprint density at radius 3 is 2.80 bits per heavy atom. The minimum atomic E-state index is 0.319. The highest BCUT2D eigenvalue weighted by molar-refractivity contribution is 5.02. The van der Waals surface area contributed by atoms with Crippen molar-refractivity contribution in [2.45, 2.75) is 44.7 Å². The highest BCUT2D eigenvalue weighted by atomic mass is 15.2. The van der Waals surface area contributed by atoms with Gasteiger partial charge < -0.3 is 5.32 Å². The molecule has 2 aliphatic rings. The Morgan fingerprint density at radius 2 is 2.27 bits per heavy atom. The van der Waals surface area contributed by atoms with Crippen molar-refractivity contribution in [1.82, 2.24) is 10.2 Å². The number of nitrogens with zero attached hydrogens (tertiary/aromatic N) is 1. The molecule has 2 heteroatoms. The zero-order valence-corrected chi connectivity index (χ0v) is 9.71. The topological polar surface area (TPSA) is 15.3 Å². The number of terminal acetylenes is 1. The number of hydrogen-bond acceptors (Lipinski definition) is 2. The summed E-state index contributed by atoms with van der Waals surface area (Å²) < 4.78 is 0. The Labute approximate surface area is 93.4 Å². The average Bonchev–Trinajstić information content (AvgIpc) is 3.10. The summed E-state index contributed by atoms with van der Waals surface area (Å²) in [5, 5.41) is 3.48. The summed E-state index contributed by atoms with van der Waals surface area (Å²) in [6.07, 6.45) is 10.9. The van der Waals surface area contributed by atoms with Gasteiger partial charge in [0, 0.05) is 12.6 Å². The predicted octanol–water partition coefficient (Wildman–Crippen LogP) is 1.47. The van der Waals surface area contributed by atoms with Crippen LogP contribution in [0.1, 0.15) is 32.6 Å². The summed E-state index contributed by atoms with van der Waals surface area (Å²) >= 11 is 0. The van der Waals surface area contributed by atoms with Crippen molar-refractivity contribution in [3.8, 4) is 12.3 Å². The zero-order valence-electron chi connectivity index (χ0n) is 9.71. The second kappa shape index (κ2) is 5.01. The van der Waals surface area contributed by atoms with Gasteiger partial charge in [0.15, 0.2) is 0 Å². The molecule has 2 unspecified atom stereocenters. The van der Waals surface area contributed by atoms with Crippen molar-refractivity contribution in [3.05, 3.63) is 0 Å². The molecular formula is C13H22N2. The third kappa shape index (κ3) is 2.96. The molecule has 2 rings (SSSR count). The number of hydrogen-bond donors (Lipinski definition) is 1. The molecule has 1 aliphatic carbocycles. The molecule has 84 valence electrons. The smallest absolute Gasteiger partial charge is 0.0685 e. The average molecular weight is 206 g/mol. The van der Waals surface area contributed by atoms with Crippen molar-refractivity contribution < 1.29 is 0 Å². The molecule has 0 radical (unpaired) electrons. The van der Waals surface area contributed by atoms with Crippen molar-refractivity contribution >= 4 is 0 Å². The monoisotopic (exact) mass is 206 g/mol. The molecule has 15 heavy (non-hydrogen) atoms. The Bertz CT molecular complexity index is 233. The fourth-order valence-electron chi connectivity index (χ4n) is 2.50. The van der Waals surface area contributed by atoms with Gasteiger partial charge in [-0.3, -0.25) is 4.90 Å². The molecule has 2 nitrogen and oxygen atoms in total. The summed E-state index contributed by atoms with van der Waals surface area (Å²) in [5.74, 6) is 3.70. The van der Waals surface area contributed by atoms with Gasteiger partial charge in [-0.2, -0.15) is 0 Å². The van der Waals surface area contributed by atoms with E-state index >= 15 is 0 Å². The molecule has 0 bridgehead atoms. The van der Waals surface area contributed by atoms with Crippen LogP contribution in [0, 0.1) is 18.3 Å². The molecule has 0 spiro atoms. The fraction of sp³-hybridized carbons (Fsp3) is 0.846. The quantitative estimate of drug-likeness (QED) is 0.701. The zero-order chi connectivity index (χ0) is 10.7. The van der Waals surface area contributed by atoms with Crippen LogP contribution < -0.4 is 5.32 Å². The van der Waals surface area contributed by atoms with Gasteiger partial charge in [-0.25, -0.2) is 0 Å². The Kier molecular flexibility index (Phi) is 3.66. The van der Waals surface area contributed by atoms with Gasteiger partial charge in [0.1, 0.15) is 0 Å². The maximum Gasteiger partial charge on any atom is 0.0685 e. The number of piperidine rings is 1. The van der Waals surface area contributed by atoms with Crippen molar-refractivity contribution in [2.75, 3.05) is 19.6 Å². The van der Waals surface area contributed by atoms with Crippen LogP contribution >= 0.6 is 0 Å². The Morgan fingerprint density at radius 1 is 1.47 bits per heavy atom. The van der Waals surface area contributed by atoms with Crippen LogP contribution in [0.2, 0.25) is 0 Å². The first-order chi connectivity index (χ1) is 7.31. The van der Waals surface area contributed by atoms with E-state index in [1.54, 1.807) is 0 Å². The molecule has 0 aromatic carbocycles. The number of rotatable bonds is 4. The van der Waals surface area contributed by atoms with Gasteiger partial charge in [0.05, 0.1) is 6.04 Å². The van der Waals surface area contributed by atoms with E-state index in [9.17, 15) is 0 Å². The minimum Gasteiger partial charge on any atom is -0.316 e. The summed E-state index contributed by atoms with van der Waals surface area (Å²) in [6, 6.07) is 1.11. The molecule has 2 atom stereocenters. The van der Waals surface area contributed by atoms with Crippen molar-refractivity contribution in [1.29, 1.82) is 0 Å². The molecule has 1 saturated heterocycles. The lowest BCUT2D eigenvalue weighted by molar-refractivity contribution is 0.181. The maximum absolute atomic E-state index is 5.54. The second-order valence-corrected chi connectivity index (χ2v) is 4.98. The fourth-order valence-corrected chi connectivity index (χ4v) is 2.50. The SMILES string of the molecule is C#CC(C)N(CC1CCCNC1)C1CC1. The lowest BCUT2D eigenvalue weighted by Gasteiger charge is -2.32. The van der Waals surface area contributed by atoms with Crippen LogP contribution in [0.3, 0.4) is 0 Å². The third-order valence-corrected chi connectivity index (χ3v) is 3.62. The predicted molar refractivity (Wildman–Crippen MR) is 63.6 cm³/mol. The van der Waals surface area contributed by atoms with Gasteiger partial charge >= 0.3 is 0 Å². The Balaban J connectivity index is 1.85. The highest BCUT2D eigenvalue weighted by Crippen LogP contribution is 2.30. The standard InChI is InChI=1S/C13H22N2/c1-3-11(2)15(13-6-7-13)10-12-5-4-8-14-9-12/h1,11-14H,4-10H2,2H3. The maximum atomic E-state index is 5.54. The lowest BCUT2D eigenvalue weighted by Crippen LogP contribution is -2.42. The largest absolute Gasteiger partial charge is 0.316 e. The molecule has 1 aliphatic heterocycles. The molecule has 1 heterocycles. The first kappa shape index (κ1) is 11.0. The van der Waals surface area contributed by atoms with Crippen molar-refractivity contribution in [3.63, 3.8) is 0 Å². The first-order valence-electron chi connectivity index (χ1n) is 6.24. The molecule has 0 amide bonds. The normalized spacial score (nSPS) is 28.7. The van der Waals surface area contributed by atoms with Gasteiger partial charge in [-0.15, -0.1) is 6.42 Å². The van der Waals surface area contributed by atoms with Crippen LogP contribution in [0.15, 0.2) is 0 Å². The highest BCUT2D eigenvalue weighted by Gasteiger charge is 2.33. The molecule has 0 aromatic rings. The lowest BCUT2D eigenvalue weighted by atomic mass is 9.98. The van der Waals surface area contributed by atoms with E-state index in [1.165, 1.54) is 45.3 Å². The van der Waals surface area contributed by atoms with Gasteiger partial charge in [0.25, 0.3) is 0 Å². The third-order valence-electron chi connectivity index (χ3n) is 3.62. The summed E-state index contributed by atoms with van der Waals surface area (Å²) in [6.45, 7) is 5.74. The first-order valence-corrected chi connectivity index (χ1v) is 6.24. The molecular weight excluding hydrogens is 184 g/mol. The minimum absolute atomic E-state index is 0.319. The summed E-state index contributed by atoms with van der Waals surface area (Å²) in [5.41, 5.74) is 0. The van der Waals surface area contributed by atoms with E-state index in [0.717, 1.165) is 12.0 Å². The summed E-state index contributed by atoms with van der Waals surface area (Å²) in [4.78, 5) is 2.54. The van der Waals surface area contributed by atoms with Gasteiger partial charge in [-0.1, -0.05) is 5.92 Å². The van der Waals surface area contributed by atoms with Crippen LogP contribution in [0.25, 0.3) is 0 Å². The van der Waals surface area contributed by atoms with E-state index in [0.29, 0.717) is 6.04 Å².